The quantitative estimate of drug-likeness (QED) is 0.669. The largest absolute Gasteiger partial charge is 0.269 e. The Hall–Kier alpha value is -0.580. The SMILES string of the molecule is F.F.F.FCc1ccccc1Br. The Bertz CT molecular complexity index is 204. The second kappa shape index (κ2) is 8.52. The number of hydrogen-bond acceptors (Lipinski definition) is 0. The highest BCUT2D eigenvalue weighted by atomic mass is 79.9. The number of hydrogen-bond donors (Lipinski definition) is 0. The van der Waals surface area contributed by atoms with Crippen molar-refractivity contribution in [2.75, 3.05) is 0 Å². The van der Waals surface area contributed by atoms with Crippen LogP contribution >= 0.6 is 15.9 Å². The van der Waals surface area contributed by atoms with Gasteiger partial charge in [0.25, 0.3) is 0 Å². The van der Waals surface area contributed by atoms with Crippen LogP contribution in [0.3, 0.4) is 0 Å². The molecule has 1 aromatic rings. The summed E-state index contributed by atoms with van der Waals surface area (Å²) in [5.74, 6) is 0. The van der Waals surface area contributed by atoms with Crippen LogP contribution in [-0.4, -0.2) is 0 Å². The van der Waals surface area contributed by atoms with Crippen LogP contribution in [0, 0.1) is 0 Å². The Kier molecular flexibility index (Phi) is 12.4. The molecule has 12 heavy (non-hydrogen) atoms. The second-order valence-electron chi connectivity index (χ2n) is 1.73. The van der Waals surface area contributed by atoms with E-state index in [1.807, 2.05) is 18.2 Å². The number of benzene rings is 1. The van der Waals surface area contributed by atoms with Crippen LogP contribution in [-0.2, 0) is 6.67 Å². The van der Waals surface area contributed by atoms with Crippen molar-refractivity contribution in [1.82, 2.24) is 0 Å². The highest BCUT2D eigenvalue weighted by Crippen LogP contribution is 2.15. The van der Waals surface area contributed by atoms with E-state index in [1.165, 1.54) is 0 Å². The third-order valence-electron chi connectivity index (χ3n) is 1.10. The standard InChI is InChI=1S/C7H6BrF.3FH/c8-7-4-2-1-3-6(7)5-9;;;/h1-4H,5H2;3*1H. The van der Waals surface area contributed by atoms with E-state index < -0.39 is 6.67 Å². The van der Waals surface area contributed by atoms with Gasteiger partial charge < -0.3 is 0 Å². The Morgan fingerprint density at radius 1 is 1.08 bits per heavy atom. The zero-order valence-electron chi connectivity index (χ0n) is 6.00. The molecule has 1 aromatic carbocycles. The highest BCUT2D eigenvalue weighted by molar-refractivity contribution is 9.10. The topological polar surface area (TPSA) is 0 Å². The van der Waals surface area contributed by atoms with Gasteiger partial charge in [0.1, 0.15) is 6.67 Å². The normalized spacial score (nSPS) is 7.17. The molecule has 0 aliphatic rings. The van der Waals surface area contributed by atoms with Crippen molar-refractivity contribution in [3.05, 3.63) is 34.3 Å². The lowest BCUT2D eigenvalue weighted by molar-refractivity contribution is 0.484. The monoisotopic (exact) mass is 248 g/mol. The molecule has 0 radical (unpaired) electrons. The minimum atomic E-state index is -0.401. The lowest BCUT2D eigenvalue weighted by atomic mass is 10.2. The Morgan fingerprint density at radius 2 is 1.58 bits per heavy atom. The van der Waals surface area contributed by atoms with E-state index in [0.29, 0.717) is 5.56 Å². The summed E-state index contributed by atoms with van der Waals surface area (Å²) in [5.41, 5.74) is 0.706. The predicted molar refractivity (Wildman–Crippen MR) is 46.5 cm³/mol. The summed E-state index contributed by atoms with van der Waals surface area (Å²) in [5, 5.41) is 0. The van der Waals surface area contributed by atoms with Crippen LogP contribution in [0.25, 0.3) is 0 Å². The fourth-order valence-electron chi connectivity index (χ4n) is 0.607. The number of alkyl halides is 1. The van der Waals surface area contributed by atoms with Crippen molar-refractivity contribution in [2.24, 2.45) is 0 Å². The summed E-state index contributed by atoms with van der Waals surface area (Å²) in [6, 6.07) is 7.27. The molecule has 0 amide bonds. The van der Waals surface area contributed by atoms with Gasteiger partial charge in [-0.15, -0.1) is 0 Å². The van der Waals surface area contributed by atoms with E-state index in [1.54, 1.807) is 6.07 Å². The van der Waals surface area contributed by atoms with Crippen molar-refractivity contribution in [1.29, 1.82) is 0 Å². The van der Waals surface area contributed by atoms with E-state index in [2.05, 4.69) is 15.9 Å². The maximum atomic E-state index is 12.0. The average molecular weight is 249 g/mol. The molecule has 0 saturated carbocycles. The first kappa shape index (κ1) is 17.5. The smallest absolute Gasteiger partial charge is 0.116 e. The molecular weight excluding hydrogens is 240 g/mol. The van der Waals surface area contributed by atoms with Crippen LogP contribution < -0.4 is 0 Å². The second-order valence-corrected chi connectivity index (χ2v) is 2.58. The van der Waals surface area contributed by atoms with Crippen molar-refractivity contribution < 1.29 is 18.5 Å². The lowest BCUT2D eigenvalue weighted by Gasteiger charge is -1.94. The van der Waals surface area contributed by atoms with Crippen LogP contribution in [0.1, 0.15) is 5.56 Å². The Labute approximate surface area is 76.0 Å². The van der Waals surface area contributed by atoms with Gasteiger partial charge in [0.2, 0.25) is 0 Å². The van der Waals surface area contributed by atoms with E-state index in [4.69, 9.17) is 0 Å². The molecule has 0 spiro atoms. The minimum absolute atomic E-state index is 0. The summed E-state index contributed by atoms with van der Waals surface area (Å²) in [6.07, 6.45) is 0. The molecular formula is C7H9BrF4. The number of halogens is 5. The molecule has 0 N–H and O–H groups in total. The van der Waals surface area contributed by atoms with E-state index in [0.717, 1.165) is 4.47 Å². The maximum absolute atomic E-state index is 12.0. The zero-order chi connectivity index (χ0) is 6.69. The van der Waals surface area contributed by atoms with Crippen LogP contribution in [0.15, 0.2) is 28.7 Å². The van der Waals surface area contributed by atoms with Gasteiger partial charge in [0, 0.05) is 4.47 Å². The van der Waals surface area contributed by atoms with E-state index >= 15 is 0 Å². The molecule has 0 fully saturated rings. The first-order valence-corrected chi connectivity index (χ1v) is 3.43. The fourth-order valence-corrected chi connectivity index (χ4v) is 0.998. The van der Waals surface area contributed by atoms with Crippen molar-refractivity contribution in [3.63, 3.8) is 0 Å². The highest BCUT2D eigenvalue weighted by Gasteiger charge is 1.93. The molecule has 0 aromatic heterocycles. The molecule has 0 unspecified atom stereocenters. The molecule has 0 heterocycles. The lowest BCUT2D eigenvalue weighted by Crippen LogP contribution is -1.77. The summed E-state index contributed by atoms with van der Waals surface area (Å²) in [7, 11) is 0. The van der Waals surface area contributed by atoms with Crippen LogP contribution in [0.4, 0.5) is 18.5 Å². The van der Waals surface area contributed by atoms with Gasteiger partial charge in [0.15, 0.2) is 0 Å². The molecule has 72 valence electrons. The van der Waals surface area contributed by atoms with Crippen molar-refractivity contribution in [2.45, 2.75) is 6.67 Å². The average Bonchev–Trinajstić information content (AvgIpc) is 1.89. The van der Waals surface area contributed by atoms with Crippen LogP contribution in [0.5, 0.6) is 0 Å². The molecule has 0 nitrogen and oxygen atoms in total. The summed E-state index contributed by atoms with van der Waals surface area (Å²) >= 11 is 3.22. The molecule has 0 aliphatic carbocycles. The molecule has 0 atom stereocenters. The van der Waals surface area contributed by atoms with Gasteiger partial charge in [-0.1, -0.05) is 34.1 Å². The Morgan fingerprint density at radius 3 is 1.92 bits per heavy atom. The minimum Gasteiger partial charge on any atom is -0.269 e. The Balaban J connectivity index is -0.000000270. The molecule has 0 aliphatic heterocycles. The van der Waals surface area contributed by atoms with Gasteiger partial charge in [0.05, 0.1) is 0 Å². The summed E-state index contributed by atoms with van der Waals surface area (Å²) in [4.78, 5) is 0. The summed E-state index contributed by atoms with van der Waals surface area (Å²) in [6.45, 7) is -0.401. The van der Waals surface area contributed by atoms with Crippen molar-refractivity contribution >= 4 is 15.9 Å². The van der Waals surface area contributed by atoms with Crippen molar-refractivity contribution in [3.8, 4) is 0 Å². The van der Waals surface area contributed by atoms with Gasteiger partial charge >= 0.3 is 0 Å². The van der Waals surface area contributed by atoms with E-state index in [-0.39, 0.29) is 14.1 Å². The van der Waals surface area contributed by atoms with Gasteiger partial charge in [-0.2, -0.15) is 0 Å². The zero-order valence-corrected chi connectivity index (χ0v) is 7.58. The molecule has 1 rings (SSSR count). The van der Waals surface area contributed by atoms with Gasteiger partial charge in [-0.3, -0.25) is 14.1 Å². The third-order valence-corrected chi connectivity index (χ3v) is 1.88. The van der Waals surface area contributed by atoms with Gasteiger partial charge in [-0.05, 0) is 11.6 Å². The third kappa shape index (κ3) is 4.33. The predicted octanol–water partition coefficient (Wildman–Crippen LogP) is 3.38. The molecule has 0 saturated heterocycles. The summed E-state index contributed by atoms with van der Waals surface area (Å²) < 4.78 is 12.8. The maximum Gasteiger partial charge on any atom is 0.116 e. The first-order chi connectivity index (χ1) is 4.34. The fraction of sp³-hybridized carbons (Fsp3) is 0.143. The van der Waals surface area contributed by atoms with E-state index in [9.17, 15) is 4.39 Å². The number of rotatable bonds is 1. The molecule has 0 bridgehead atoms. The van der Waals surface area contributed by atoms with Gasteiger partial charge in [-0.25, -0.2) is 4.39 Å². The van der Waals surface area contributed by atoms with Crippen LogP contribution in [0.2, 0.25) is 0 Å². The first-order valence-electron chi connectivity index (χ1n) is 2.64. The molecule has 5 heteroatoms.